The number of nitrogens with one attached hydrogen (secondary N) is 3. The second kappa shape index (κ2) is 11.8. The van der Waals surface area contributed by atoms with Crippen LogP contribution in [0.3, 0.4) is 0 Å². The number of sulfonamides is 1. The largest absolute Gasteiger partial charge is 0.495 e. The van der Waals surface area contributed by atoms with E-state index < -0.39 is 33.7 Å². The zero-order valence-corrected chi connectivity index (χ0v) is 22.9. The first-order valence-corrected chi connectivity index (χ1v) is 14.8. The van der Waals surface area contributed by atoms with Crippen molar-refractivity contribution in [2.75, 3.05) is 12.4 Å². The summed E-state index contributed by atoms with van der Waals surface area (Å²) in [5.41, 5.74) is 1.30. The molecule has 3 N–H and O–H groups in total. The van der Waals surface area contributed by atoms with Gasteiger partial charge in [-0.25, -0.2) is 17.5 Å². The first-order valence-electron chi connectivity index (χ1n) is 13.3. The maximum atomic E-state index is 13.4. The highest BCUT2D eigenvalue weighted by Crippen LogP contribution is 2.46. The van der Waals surface area contributed by atoms with E-state index in [-0.39, 0.29) is 34.4 Å². The average molecular weight is 566 g/mol. The summed E-state index contributed by atoms with van der Waals surface area (Å²) in [6, 6.07) is 17.5. The number of carbonyl (C=O) groups excluding carboxylic acids is 2. The van der Waals surface area contributed by atoms with Crippen molar-refractivity contribution in [1.82, 2.24) is 10.0 Å². The average Bonchev–Trinajstić information content (AvgIpc) is 2.93. The maximum absolute atomic E-state index is 13.4. The van der Waals surface area contributed by atoms with Crippen LogP contribution in [-0.2, 0) is 21.2 Å². The Bertz CT molecular complexity index is 1470. The zero-order valence-electron chi connectivity index (χ0n) is 22.1. The highest BCUT2D eigenvalue weighted by atomic mass is 32.2. The van der Waals surface area contributed by atoms with Crippen molar-refractivity contribution < 1.29 is 27.1 Å². The Hall–Kier alpha value is -3.76. The van der Waals surface area contributed by atoms with E-state index in [1.165, 1.54) is 49.6 Å². The van der Waals surface area contributed by atoms with Gasteiger partial charge in [0.1, 0.15) is 17.6 Å². The third-order valence-corrected chi connectivity index (χ3v) is 9.27. The van der Waals surface area contributed by atoms with Gasteiger partial charge in [-0.05, 0) is 79.5 Å². The molecular weight excluding hydrogens is 533 g/mol. The molecule has 2 amide bonds. The number of hydrogen-bond acceptors (Lipinski definition) is 5. The lowest BCUT2D eigenvalue weighted by Gasteiger charge is -2.46. The van der Waals surface area contributed by atoms with Crippen molar-refractivity contribution in [2.45, 2.75) is 49.1 Å². The summed E-state index contributed by atoms with van der Waals surface area (Å²) in [7, 11) is -2.39. The lowest BCUT2D eigenvalue weighted by molar-refractivity contribution is -0.118. The fourth-order valence-corrected chi connectivity index (χ4v) is 6.84. The van der Waals surface area contributed by atoms with Gasteiger partial charge in [0.05, 0.1) is 17.7 Å². The van der Waals surface area contributed by atoms with E-state index in [2.05, 4.69) is 15.4 Å². The molecule has 210 valence electrons. The van der Waals surface area contributed by atoms with Gasteiger partial charge in [0, 0.05) is 24.1 Å². The number of methoxy groups -OCH3 is 1. The molecule has 0 saturated heterocycles. The molecule has 10 heteroatoms. The molecule has 0 radical (unpaired) electrons. The third kappa shape index (κ3) is 6.34. The minimum absolute atomic E-state index is 0.0502. The first kappa shape index (κ1) is 27.8. The summed E-state index contributed by atoms with van der Waals surface area (Å²) >= 11 is 0. The number of hydrogen-bond donors (Lipinski definition) is 3. The summed E-state index contributed by atoms with van der Waals surface area (Å²) in [5.74, 6) is -0.227. The van der Waals surface area contributed by atoms with E-state index in [1.807, 2.05) is 30.3 Å². The number of benzene rings is 3. The summed E-state index contributed by atoms with van der Waals surface area (Å²) in [6.45, 7) is 0. The second-order valence-electron chi connectivity index (χ2n) is 10.5. The molecule has 0 aromatic heterocycles. The van der Waals surface area contributed by atoms with Gasteiger partial charge in [0.2, 0.25) is 15.9 Å². The second-order valence-corrected chi connectivity index (χ2v) is 12.2. The van der Waals surface area contributed by atoms with E-state index in [0.29, 0.717) is 5.92 Å². The standard InChI is InChI=1S/C30H32FN3O5S/c1-39-28-18-24(40(37,38)34-25-13-7-20-15-22(25)16-20)12-14-26(28)32-30(36)27(17-19-5-3-2-4-6-19)33-29(35)21-8-10-23(31)11-9-21/h2-6,8-12,14,18,20,22,25,27,34H,7,13,15-17H2,1H3,(H,32,36)(H,33,35)/t20?,22?,25?,27-/m0/s1. The van der Waals surface area contributed by atoms with Crippen molar-refractivity contribution in [3.05, 3.63) is 89.7 Å². The maximum Gasteiger partial charge on any atom is 0.251 e. The fourth-order valence-electron chi connectivity index (χ4n) is 5.49. The van der Waals surface area contributed by atoms with Crippen molar-refractivity contribution >= 4 is 27.5 Å². The number of carbonyl (C=O) groups is 2. The van der Waals surface area contributed by atoms with Crippen LogP contribution in [0.4, 0.5) is 10.1 Å². The molecule has 6 rings (SSSR count). The lowest BCUT2D eigenvalue weighted by atomic mass is 9.63. The number of halogens is 1. The number of ether oxygens (including phenoxy) is 1. The Kier molecular flexibility index (Phi) is 8.18. The van der Waals surface area contributed by atoms with Crippen molar-refractivity contribution in [3.8, 4) is 5.75 Å². The molecule has 3 saturated carbocycles. The number of amides is 2. The van der Waals surface area contributed by atoms with Crippen LogP contribution in [0.25, 0.3) is 0 Å². The Labute approximate surface area is 233 Å². The Balaban J connectivity index is 1.33. The quantitative estimate of drug-likeness (QED) is 0.340. The predicted molar refractivity (Wildman–Crippen MR) is 149 cm³/mol. The van der Waals surface area contributed by atoms with Crippen LogP contribution >= 0.6 is 0 Å². The van der Waals surface area contributed by atoms with Gasteiger partial charge < -0.3 is 15.4 Å². The third-order valence-electron chi connectivity index (χ3n) is 7.79. The van der Waals surface area contributed by atoms with Crippen LogP contribution < -0.4 is 20.1 Å². The van der Waals surface area contributed by atoms with Gasteiger partial charge in [0.25, 0.3) is 5.91 Å². The van der Waals surface area contributed by atoms with Crippen LogP contribution in [0.15, 0.2) is 77.7 Å². The van der Waals surface area contributed by atoms with Crippen molar-refractivity contribution in [3.63, 3.8) is 0 Å². The summed E-state index contributed by atoms with van der Waals surface area (Å²) < 4.78 is 47.9. The molecular formula is C30H32FN3O5S. The first-order chi connectivity index (χ1) is 19.2. The molecule has 3 aromatic rings. The van der Waals surface area contributed by atoms with E-state index in [0.717, 1.165) is 37.2 Å². The van der Waals surface area contributed by atoms with Crippen LogP contribution in [0, 0.1) is 17.7 Å². The molecule has 40 heavy (non-hydrogen) atoms. The van der Waals surface area contributed by atoms with Gasteiger partial charge in [-0.1, -0.05) is 30.3 Å². The minimum atomic E-state index is -3.78. The van der Waals surface area contributed by atoms with E-state index in [9.17, 15) is 22.4 Å². The minimum Gasteiger partial charge on any atom is -0.495 e. The summed E-state index contributed by atoms with van der Waals surface area (Å²) in [4.78, 5) is 26.3. The van der Waals surface area contributed by atoms with Crippen LogP contribution in [0.1, 0.15) is 41.6 Å². The van der Waals surface area contributed by atoms with E-state index >= 15 is 0 Å². The smallest absolute Gasteiger partial charge is 0.251 e. The van der Waals surface area contributed by atoms with Gasteiger partial charge >= 0.3 is 0 Å². The molecule has 2 bridgehead atoms. The predicted octanol–water partition coefficient (Wildman–Crippen LogP) is 4.28. The molecule has 3 aliphatic rings. The van der Waals surface area contributed by atoms with E-state index in [4.69, 9.17) is 4.74 Å². The molecule has 3 aliphatic carbocycles. The molecule has 0 heterocycles. The van der Waals surface area contributed by atoms with Gasteiger partial charge in [-0.3, -0.25) is 9.59 Å². The van der Waals surface area contributed by atoms with Crippen molar-refractivity contribution in [2.24, 2.45) is 11.8 Å². The molecule has 3 fully saturated rings. The number of rotatable bonds is 10. The lowest BCUT2D eigenvalue weighted by Crippen LogP contribution is -2.49. The van der Waals surface area contributed by atoms with Gasteiger partial charge in [0.15, 0.2) is 0 Å². The molecule has 1 unspecified atom stereocenters. The fraction of sp³-hybridized carbons (Fsp3) is 0.333. The Morgan fingerprint density at radius 1 is 1.00 bits per heavy atom. The molecule has 2 atom stereocenters. The van der Waals surface area contributed by atoms with Crippen LogP contribution in [0.2, 0.25) is 0 Å². The zero-order chi connectivity index (χ0) is 28.3. The summed E-state index contributed by atoms with van der Waals surface area (Å²) in [5, 5.41) is 5.49. The Morgan fingerprint density at radius 2 is 1.73 bits per heavy atom. The van der Waals surface area contributed by atoms with Crippen molar-refractivity contribution in [1.29, 1.82) is 0 Å². The van der Waals surface area contributed by atoms with Gasteiger partial charge in [-0.15, -0.1) is 0 Å². The number of anilines is 1. The van der Waals surface area contributed by atoms with Crippen LogP contribution in [0.5, 0.6) is 5.75 Å². The monoisotopic (exact) mass is 565 g/mol. The Morgan fingerprint density at radius 3 is 2.38 bits per heavy atom. The molecule has 0 aliphatic heterocycles. The molecule has 0 spiro atoms. The number of fused-ring (bicyclic) bond motifs is 2. The topological polar surface area (TPSA) is 114 Å². The summed E-state index contributed by atoms with van der Waals surface area (Å²) in [6.07, 6.45) is 4.22. The SMILES string of the molecule is COc1cc(S(=O)(=O)NC2CCC3CC2C3)ccc1NC(=O)[C@H](Cc1ccccc1)NC(=O)c1ccc(F)cc1. The molecule has 3 aromatic carbocycles. The van der Waals surface area contributed by atoms with E-state index in [1.54, 1.807) is 0 Å². The highest BCUT2D eigenvalue weighted by Gasteiger charge is 2.41. The highest BCUT2D eigenvalue weighted by molar-refractivity contribution is 7.89. The normalized spacial score (nSPS) is 20.6. The molecule has 8 nitrogen and oxygen atoms in total. The van der Waals surface area contributed by atoms with Gasteiger partial charge in [-0.2, -0.15) is 0 Å². The van der Waals surface area contributed by atoms with Crippen LogP contribution in [-0.4, -0.2) is 39.4 Å².